The van der Waals surface area contributed by atoms with E-state index in [1.165, 1.54) is 0 Å². The third kappa shape index (κ3) is 3.31. The van der Waals surface area contributed by atoms with Crippen molar-refractivity contribution < 1.29 is 14.3 Å². The quantitative estimate of drug-likeness (QED) is 0.877. The summed E-state index contributed by atoms with van der Waals surface area (Å²) in [5, 5.41) is 9.09. The van der Waals surface area contributed by atoms with Crippen LogP contribution < -0.4 is 0 Å². The fourth-order valence-corrected chi connectivity index (χ4v) is 1.96. The van der Waals surface area contributed by atoms with Crippen molar-refractivity contribution in [1.82, 2.24) is 9.88 Å². The third-order valence-electron chi connectivity index (χ3n) is 3.08. The highest BCUT2D eigenvalue weighted by Gasteiger charge is 2.23. The number of hydrogen-bond donors (Lipinski definition) is 1. The Morgan fingerprint density at radius 1 is 1.50 bits per heavy atom. The topological polar surface area (TPSA) is 58.7 Å². The van der Waals surface area contributed by atoms with Crippen LogP contribution in [0, 0.1) is 0 Å². The van der Waals surface area contributed by atoms with Gasteiger partial charge in [-0.3, -0.25) is 4.90 Å². The molecule has 0 radical (unpaired) electrons. The zero-order chi connectivity index (χ0) is 13.2. The van der Waals surface area contributed by atoms with E-state index in [2.05, 4.69) is 30.7 Å². The van der Waals surface area contributed by atoms with Crippen LogP contribution in [0.2, 0.25) is 0 Å². The van der Waals surface area contributed by atoms with Crippen LogP contribution in [0.4, 0.5) is 0 Å². The molecule has 1 saturated heterocycles. The number of nitrogens with zero attached hydrogens (tertiary/aromatic N) is 2. The lowest BCUT2D eigenvalue weighted by Gasteiger charge is -2.30. The summed E-state index contributed by atoms with van der Waals surface area (Å²) in [6.07, 6.45) is 1.72. The van der Waals surface area contributed by atoms with Gasteiger partial charge in [-0.05, 0) is 0 Å². The van der Waals surface area contributed by atoms with E-state index in [1.54, 1.807) is 6.20 Å². The highest BCUT2D eigenvalue weighted by atomic mass is 16.5. The summed E-state index contributed by atoms with van der Waals surface area (Å²) in [5.41, 5.74) is -0.0100. The standard InChI is InChI=1S/C13H22N2O3/c1-13(2,3)11-6-14-12(18-11)8-15-4-5-17-10(7-15)9-16/h6,10,16H,4-5,7-9H2,1-3H3. The molecule has 1 atom stereocenters. The molecule has 0 aliphatic carbocycles. The molecule has 1 unspecified atom stereocenters. The summed E-state index contributed by atoms with van der Waals surface area (Å²) in [6.45, 7) is 9.28. The molecule has 1 fully saturated rings. The summed E-state index contributed by atoms with van der Waals surface area (Å²) in [4.78, 5) is 6.51. The number of rotatable bonds is 3. The van der Waals surface area contributed by atoms with E-state index in [0.29, 0.717) is 13.2 Å². The molecule has 18 heavy (non-hydrogen) atoms. The average molecular weight is 254 g/mol. The van der Waals surface area contributed by atoms with Crippen molar-refractivity contribution in [1.29, 1.82) is 0 Å². The third-order valence-corrected chi connectivity index (χ3v) is 3.08. The van der Waals surface area contributed by atoms with Gasteiger partial charge >= 0.3 is 0 Å². The maximum atomic E-state index is 9.09. The molecule has 102 valence electrons. The second-order valence-electron chi connectivity index (χ2n) is 5.78. The second kappa shape index (κ2) is 5.38. The minimum absolute atomic E-state index is 0.0100. The summed E-state index contributed by atoms with van der Waals surface area (Å²) >= 11 is 0. The van der Waals surface area contributed by atoms with Crippen LogP contribution in [0.15, 0.2) is 10.6 Å². The van der Waals surface area contributed by atoms with Crippen molar-refractivity contribution in [2.45, 2.75) is 38.8 Å². The summed E-state index contributed by atoms with van der Waals surface area (Å²) < 4.78 is 11.2. The van der Waals surface area contributed by atoms with Gasteiger partial charge in [-0.25, -0.2) is 4.98 Å². The van der Waals surface area contributed by atoms with Crippen LogP contribution in [-0.2, 0) is 16.7 Å². The van der Waals surface area contributed by atoms with Gasteiger partial charge in [0.05, 0.1) is 32.1 Å². The Balaban J connectivity index is 1.95. The predicted octanol–water partition coefficient (Wildman–Crippen LogP) is 1.17. The predicted molar refractivity (Wildman–Crippen MR) is 67.3 cm³/mol. The number of ether oxygens (including phenoxy) is 1. The molecule has 0 aromatic carbocycles. The monoisotopic (exact) mass is 254 g/mol. The van der Waals surface area contributed by atoms with Gasteiger partial charge in [0.2, 0.25) is 5.89 Å². The number of oxazole rings is 1. The molecule has 2 rings (SSSR count). The lowest BCUT2D eigenvalue weighted by Crippen LogP contribution is -2.43. The lowest BCUT2D eigenvalue weighted by atomic mass is 9.94. The molecular formula is C13H22N2O3. The normalized spacial score (nSPS) is 22.3. The number of aliphatic hydroxyl groups excluding tert-OH is 1. The van der Waals surface area contributed by atoms with E-state index in [0.717, 1.165) is 24.7 Å². The van der Waals surface area contributed by atoms with Gasteiger partial charge in [-0.15, -0.1) is 0 Å². The first-order chi connectivity index (χ1) is 8.49. The molecule has 1 N–H and O–H groups in total. The molecule has 0 saturated carbocycles. The van der Waals surface area contributed by atoms with E-state index < -0.39 is 0 Å². The molecule has 0 bridgehead atoms. The van der Waals surface area contributed by atoms with Crippen molar-refractivity contribution in [3.8, 4) is 0 Å². The summed E-state index contributed by atoms with van der Waals surface area (Å²) in [7, 11) is 0. The molecule has 5 heteroatoms. The first-order valence-electron chi connectivity index (χ1n) is 6.39. The molecule has 1 aromatic heterocycles. The zero-order valence-electron chi connectivity index (χ0n) is 11.3. The molecule has 1 aromatic rings. The van der Waals surface area contributed by atoms with Crippen molar-refractivity contribution in [2.24, 2.45) is 0 Å². The fraction of sp³-hybridized carbons (Fsp3) is 0.769. The molecule has 0 amide bonds. The summed E-state index contributed by atoms with van der Waals surface area (Å²) in [6, 6.07) is 0. The van der Waals surface area contributed by atoms with Crippen LogP contribution in [0.25, 0.3) is 0 Å². The maximum Gasteiger partial charge on any atom is 0.208 e. The van der Waals surface area contributed by atoms with Gasteiger partial charge in [0.25, 0.3) is 0 Å². The highest BCUT2D eigenvalue weighted by Crippen LogP contribution is 2.23. The fourth-order valence-electron chi connectivity index (χ4n) is 1.96. The van der Waals surface area contributed by atoms with Gasteiger partial charge in [0.15, 0.2) is 0 Å². The maximum absolute atomic E-state index is 9.09. The van der Waals surface area contributed by atoms with Gasteiger partial charge in [0.1, 0.15) is 5.76 Å². The van der Waals surface area contributed by atoms with Crippen molar-refractivity contribution in [3.63, 3.8) is 0 Å². The Kier molecular flexibility index (Phi) is 4.04. The smallest absolute Gasteiger partial charge is 0.208 e. The highest BCUT2D eigenvalue weighted by molar-refractivity contribution is 5.06. The average Bonchev–Trinajstić information content (AvgIpc) is 2.77. The number of hydrogen-bond acceptors (Lipinski definition) is 5. The molecule has 0 spiro atoms. The number of morpholine rings is 1. The first kappa shape index (κ1) is 13.5. The van der Waals surface area contributed by atoms with E-state index in [4.69, 9.17) is 14.3 Å². The largest absolute Gasteiger partial charge is 0.444 e. The molecule has 1 aliphatic rings. The number of aliphatic hydroxyl groups is 1. The molecule has 5 nitrogen and oxygen atoms in total. The minimum Gasteiger partial charge on any atom is -0.444 e. The van der Waals surface area contributed by atoms with Gasteiger partial charge < -0.3 is 14.3 Å². The van der Waals surface area contributed by atoms with Gasteiger partial charge in [-0.1, -0.05) is 20.8 Å². The molecular weight excluding hydrogens is 232 g/mol. The van der Waals surface area contributed by atoms with E-state index in [1.807, 2.05) is 0 Å². The Bertz CT molecular complexity index is 384. The lowest BCUT2D eigenvalue weighted by molar-refractivity contribution is -0.0569. The van der Waals surface area contributed by atoms with Crippen LogP contribution >= 0.6 is 0 Å². The SMILES string of the molecule is CC(C)(C)c1cnc(CN2CCOC(CO)C2)o1. The Hall–Kier alpha value is -0.910. The Morgan fingerprint density at radius 3 is 2.89 bits per heavy atom. The van der Waals surface area contributed by atoms with Crippen LogP contribution in [0.1, 0.15) is 32.4 Å². The first-order valence-corrected chi connectivity index (χ1v) is 6.39. The Labute approximate surface area is 108 Å². The van der Waals surface area contributed by atoms with E-state index in [9.17, 15) is 0 Å². The van der Waals surface area contributed by atoms with Crippen molar-refractivity contribution >= 4 is 0 Å². The van der Waals surface area contributed by atoms with E-state index >= 15 is 0 Å². The van der Waals surface area contributed by atoms with Gasteiger partial charge in [-0.2, -0.15) is 0 Å². The zero-order valence-corrected chi connectivity index (χ0v) is 11.3. The summed E-state index contributed by atoms with van der Waals surface area (Å²) in [5.74, 6) is 1.64. The van der Waals surface area contributed by atoms with Crippen LogP contribution in [0.5, 0.6) is 0 Å². The number of aromatic nitrogens is 1. The van der Waals surface area contributed by atoms with Crippen molar-refractivity contribution in [2.75, 3.05) is 26.3 Å². The van der Waals surface area contributed by atoms with E-state index in [-0.39, 0.29) is 18.1 Å². The van der Waals surface area contributed by atoms with Crippen LogP contribution in [0.3, 0.4) is 0 Å². The van der Waals surface area contributed by atoms with Crippen LogP contribution in [-0.4, -0.2) is 47.4 Å². The van der Waals surface area contributed by atoms with Crippen molar-refractivity contribution in [3.05, 3.63) is 17.8 Å². The second-order valence-corrected chi connectivity index (χ2v) is 5.78. The molecule has 1 aliphatic heterocycles. The Morgan fingerprint density at radius 2 is 2.28 bits per heavy atom. The minimum atomic E-state index is -0.0872. The van der Waals surface area contributed by atoms with Gasteiger partial charge in [0, 0.05) is 18.5 Å². The molecule has 2 heterocycles.